The smallest absolute Gasteiger partial charge is 0.245 e. The van der Waals surface area contributed by atoms with Crippen molar-refractivity contribution in [2.45, 2.75) is 31.2 Å². The Labute approximate surface area is 193 Å². The zero-order chi connectivity index (χ0) is 23.1. The fraction of sp³-hybridized carbons (Fsp3) is 0.208. The van der Waals surface area contributed by atoms with Gasteiger partial charge in [0, 0.05) is 10.7 Å². The van der Waals surface area contributed by atoms with Crippen molar-refractivity contribution in [3.63, 3.8) is 0 Å². The molecule has 32 heavy (non-hydrogen) atoms. The molecule has 0 heterocycles. The Bertz CT molecular complexity index is 1180. The van der Waals surface area contributed by atoms with E-state index >= 15 is 0 Å². The van der Waals surface area contributed by atoms with E-state index in [0.717, 1.165) is 11.1 Å². The SMILES string of the molecule is CCOc1ccc(Cl)cc1S(=O)(=O)NC(Cc1ccccc1)C(=O)Nc1cccc(C)c1. The Balaban J connectivity index is 1.92. The molecule has 2 N–H and O–H groups in total. The zero-order valence-corrected chi connectivity index (χ0v) is 19.4. The number of carbonyl (C=O) groups excluding carboxylic acids is 1. The van der Waals surface area contributed by atoms with Crippen molar-refractivity contribution >= 4 is 33.2 Å². The lowest BCUT2D eigenvalue weighted by molar-refractivity contribution is -0.117. The summed E-state index contributed by atoms with van der Waals surface area (Å²) in [7, 11) is -4.12. The van der Waals surface area contributed by atoms with E-state index in [1.807, 2.05) is 55.5 Å². The topological polar surface area (TPSA) is 84.5 Å². The summed E-state index contributed by atoms with van der Waals surface area (Å²) < 4.78 is 34.5. The molecule has 0 fully saturated rings. The predicted molar refractivity (Wildman–Crippen MR) is 127 cm³/mol. The van der Waals surface area contributed by atoms with Crippen LogP contribution in [0.2, 0.25) is 5.02 Å². The molecule has 0 spiro atoms. The average molecular weight is 473 g/mol. The van der Waals surface area contributed by atoms with Crippen LogP contribution in [0.3, 0.4) is 0 Å². The highest BCUT2D eigenvalue weighted by molar-refractivity contribution is 7.89. The van der Waals surface area contributed by atoms with E-state index < -0.39 is 22.0 Å². The van der Waals surface area contributed by atoms with Gasteiger partial charge in [0.25, 0.3) is 0 Å². The summed E-state index contributed by atoms with van der Waals surface area (Å²) in [6.45, 7) is 3.95. The van der Waals surface area contributed by atoms with Crippen LogP contribution in [0.25, 0.3) is 0 Å². The van der Waals surface area contributed by atoms with E-state index in [9.17, 15) is 13.2 Å². The Morgan fingerprint density at radius 3 is 2.47 bits per heavy atom. The molecule has 168 valence electrons. The molecule has 0 aromatic heterocycles. The third-order valence-electron chi connectivity index (χ3n) is 4.68. The largest absolute Gasteiger partial charge is 0.492 e. The number of aryl methyl sites for hydroxylation is 1. The third-order valence-corrected chi connectivity index (χ3v) is 6.41. The summed E-state index contributed by atoms with van der Waals surface area (Å²) in [5, 5.41) is 3.05. The fourth-order valence-corrected chi connectivity index (χ4v) is 4.81. The van der Waals surface area contributed by atoms with Crippen LogP contribution < -0.4 is 14.8 Å². The third kappa shape index (κ3) is 6.32. The summed E-state index contributed by atoms with van der Waals surface area (Å²) >= 11 is 6.05. The van der Waals surface area contributed by atoms with Gasteiger partial charge in [-0.25, -0.2) is 8.42 Å². The molecule has 0 aliphatic rings. The van der Waals surface area contributed by atoms with Gasteiger partial charge in [-0.15, -0.1) is 0 Å². The fourth-order valence-electron chi connectivity index (χ4n) is 3.21. The number of anilines is 1. The first-order valence-electron chi connectivity index (χ1n) is 10.1. The van der Waals surface area contributed by atoms with Crippen molar-refractivity contribution in [3.05, 3.63) is 88.9 Å². The number of carbonyl (C=O) groups is 1. The Morgan fingerprint density at radius 2 is 1.78 bits per heavy atom. The van der Waals surface area contributed by atoms with E-state index in [2.05, 4.69) is 10.0 Å². The van der Waals surface area contributed by atoms with Gasteiger partial charge in [0.1, 0.15) is 16.7 Å². The monoisotopic (exact) mass is 472 g/mol. The van der Waals surface area contributed by atoms with Crippen LogP contribution in [0, 0.1) is 6.92 Å². The zero-order valence-electron chi connectivity index (χ0n) is 17.8. The molecule has 3 rings (SSSR count). The number of hydrogen-bond acceptors (Lipinski definition) is 4. The predicted octanol–water partition coefficient (Wildman–Crippen LogP) is 4.58. The summed E-state index contributed by atoms with van der Waals surface area (Å²) in [6, 6.07) is 19.8. The number of benzene rings is 3. The second-order valence-corrected chi connectivity index (χ2v) is 9.37. The lowest BCUT2D eigenvalue weighted by atomic mass is 10.1. The van der Waals surface area contributed by atoms with Crippen molar-refractivity contribution < 1.29 is 17.9 Å². The van der Waals surface area contributed by atoms with Gasteiger partial charge in [-0.3, -0.25) is 4.79 Å². The molecular weight excluding hydrogens is 448 g/mol. The Hall–Kier alpha value is -2.87. The normalized spacial score (nSPS) is 12.2. The Morgan fingerprint density at radius 1 is 1.03 bits per heavy atom. The summed E-state index contributed by atoms with van der Waals surface area (Å²) in [4.78, 5) is 13.0. The molecule has 0 radical (unpaired) electrons. The lowest BCUT2D eigenvalue weighted by Gasteiger charge is -2.20. The molecule has 0 bridgehead atoms. The summed E-state index contributed by atoms with van der Waals surface area (Å²) in [5.41, 5.74) is 2.38. The van der Waals surface area contributed by atoms with Crippen molar-refractivity contribution in [3.8, 4) is 5.75 Å². The van der Waals surface area contributed by atoms with Gasteiger partial charge in [-0.1, -0.05) is 54.1 Å². The van der Waals surface area contributed by atoms with E-state index in [1.54, 1.807) is 19.1 Å². The standard InChI is InChI=1S/C24H25ClN2O4S/c1-3-31-22-13-12-19(25)16-23(22)32(29,30)27-21(15-18-9-5-4-6-10-18)24(28)26-20-11-7-8-17(2)14-20/h4-14,16,21,27H,3,15H2,1-2H3,(H,26,28). The maximum absolute atomic E-state index is 13.3. The highest BCUT2D eigenvalue weighted by Gasteiger charge is 2.28. The molecule has 3 aromatic carbocycles. The number of hydrogen-bond donors (Lipinski definition) is 2. The molecule has 1 amide bonds. The maximum Gasteiger partial charge on any atom is 0.245 e. The van der Waals surface area contributed by atoms with Crippen molar-refractivity contribution in [2.75, 3.05) is 11.9 Å². The van der Waals surface area contributed by atoms with Crippen LogP contribution in [-0.4, -0.2) is 27.0 Å². The number of amides is 1. The van der Waals surface area contributed by atoms with Gasteiger partial charge < -0.3 is 10.1 Å². The molecule has 3 aromatic rings. The molecule has 1 unspecified atom stereocenters. The van der Waals surface area contributed by atoms with Crippen LogP contribution in [0.4, 0.5) is 5.69 Å². The van der Waals surface area contributed by atoms with Crippen LogP contribution >= 0.6 is 11.6 Å². The first-order chi connectivity index (χ1) is 15.3. The van der Waals surface area contributed by atoms with Crippen LogP contribution in [0.15, 0.2) is 77.7 Å². The number of rotatable bonds is 9. The highest BCUT2D eigenvalue weighted by Crippen LogP contribution is 2.28. The van der Waals surface area contributed by atoms with Crippen LogP contribution in [0.5, 0.6) is 5.75 Å². The van der Waals surface area contributed by atoms with Crippen LogP contribution in [-0.2, 0) is 21.2 Å². The van der Waals surface area contributed by atoms with E-state index in [1.165, 1.54) is 12.1 Å². The van der Waals surface area contributed by atoms with E-state index in [4.69, 9.17) is 16.3 Å². The summed E-state index contributed by atoms with van der Waals surface area (Å²) in [6.07, 6.45) is 0.169. The van der Waals surface area contributed by atoms with E-state index in [0.29, 0.717) is 5.69 Å². The van der Waals surface area contributed by atoms with Gasteiger partial charge in [-0.05, 0) is 61.7 Å². The number of nitrogens with one attached hydrogen (secondary N) is 2. The molecule has 0 saturated carbocycles. The first-order valence-corrected chi connectivity index (χ1v) is 12.0. The molecule has 6 nitrogen and oxygen atoms in total. The van der Waals surface area contributed by atoms with Crippen molar-refractivity contribution in [1.82, 2.24) is 4.72 Å². The molecular formula is C24H25ClN2O4S. The van der Waals surface area contributed by atoms with Crippen molar-refractivity contribution in [1.29, 1.82) is 0 Å². The average Bonchev–Trinajstić information content (AvgIpc) is 2.75. The number of ether oxygens (including phenoxy) is 1. The van der Waals surface area contributed by atoms with Gasteiger partial charge in [0.05, 0.1) is 6.61 Å². The first kappa shape index (κ1) is 23.8. The van der Waals surface area contributed by atoms with Gasteiger partial charge in [-0.2, -0.15) is 4.72 Å². The molecule has 0 saturated heterocycles. The summed E-state index contributed by atoms with van der Waals surface area (Å²) in [5.74, 6) is -0.301. The van der Waals surface area contributed by atoms with Gasteiger partial charge >= 0.3 is 0 Å². The molecule has 0 aliphatic heterocycles. The number of sulfonamides is 1. The Kier molecular flexibility index (Phi) is 7.90. The minimum atomic E-state index is -4.12. The van der Waals surface area contributed by atoms with Crippen LogP contribution in [0.1, 0.15) is 18.1 Å². The van der Waals surface area contributed by atoms with Crippen molar-refractivity contribution in [2.24, 2.45) is 0 Å². The second kappa shape index (κ2) is 10.6. The second-order valence-electron chi connectivity index (χ2n) is 7.25. The lowest BCUT2D eigenvalue weighted by Crippen LogP contribution is -2.45. The van der Waals surface area contributed by atoms with Gasteiger partial charge in [0.15, 0.2) is 0 Å². The van der Waals surface area contributed by atoms with E-state index in [-0.39, 0.29) is 28.7 Å². The highest BCUT2D eigenvalue weighted by atomic mass is 35.5. The molecule has 8 heteroatoms. The molecule has 1 atom stereocenters. The maximum atomic E-state index is 13.3. The van der Waals surface area contributed by atoms with Gasteiger partial charge in [0.2, 0.25) is 15.9 Å². The minimum absolute atomic E-state index is 0.117. The molecule has 0 aliphatic carbocycles. The quantitative estimate of drug-likeness (QED) is 0.477. The number of halogens is 1. The minimum Gasteiger partial charge on any atom is -0.492 e.